The van der Waals surface area contributed by atoms with Gasteiger partial charge in [0.25, 0.3) is 0 Å². The maximum absolute atomic E-state index is 9.75. The summed E-state index contributed by atoms with van der Waals surface area (Å²) in [7, 11) is -1.85. The van der Waals surface area contributed by atoms with Crippen molar-refractivity contribution < 1.29 is 40.4 Å². The van der Waals surface area contributed by atoms with Crippen LogP contribution in [0, 0.1) is 0 Å². The molecule has 0 aromatic carbocycles. The average molecular weight is 131 g/mol. The average Bonchev–Trinajstić information content (AvgIpc) is 1.35. The van der Waals surface area contributed by atoms with Crippen LogP contribution in [-0.2, 0) is 4.57 Å². The van der Waals surface area contributed by atoms with Gasteiger partial charge in [-0.1, -0.05) is 6.92 Å². The molecule has 38 valence electrons. The monoisotopic (exact) mass is 131 g/mol. The van der Waals surface area contributed by atoms with Crippen molar-refractivity contribution in [3.05, 3.63) is 0 Å². The molecule has 0 amide bonds. The Morgan fingerprint density at radius 3 is 2.29 bits per heavy atom. The van der Waals surface area contributed by atoms with E-state index in [4.69, 9.17) is 4.89 Å². The summed E-state index contributed by atoms with van der Waals surface area (Å²) >= 11 is 0. The van der Waals surface area contributed by atoms with E-state index in [1.54, 1.807) is 0 Å². The minimum atomic E-state index is -1.85. The molecule has 1 atom stereocenters. The van der Waals surface area contributed by atoms with E-state index in [0.29, 0.717) is 6.16 Å². The molecule has 0 aromatic rings. The second-order valence-electron chi connectivity index (χ2n) is 1.08. The van der Waals surface area contributed by atoms with Gasteiger partial charge in [-0.3, -0.25) is 0 Å². The summed E-state index contributed by atoms with van der Waals surface area (Å²) in [6.45, 7) is 1.88. The van der Waals surface area contributed by atoms with Gasteiger partial charge in [0.1, 0.15) is 0 Å². The quantitative estimate of drug-likeness (QED) is 0.356. The van der Waals surface area contributed by atoms with Gasteiger partial charge in [-0.15, -0.1) is 0 Å². The van der Waals surface area contributed by atoms with Crippen molar-refractivity contribution in [3.63, 3.8) is 0 Å². The van der Waals surface area contributed by atoms with E-state index in [1.807, 2.05) is 6.92 Å². The van der Waals surface area contributed by atoms with Crippen LogP contribution in [0.4, 0.5) is 0 Å². The zero-order valence-electron chi connectivity index (χ0n) is 5.72. The molecule has 1 N–H and O–H groups in total. The molecule has 0 heterocycles. The Hall–Kier alpha value is 1.06. The Bertz CT molecular complexity index is 61.2. The number of rotatable bonds is 2. The van der Waals surface area contributed by atoms with Crippen molar-refractivity contribution in [2.24, 2.45) is 0 Å². The van der Waals surface area contributed by atoms with Crippen molar-refractivity contribution in [2.45, 2.75) is 13.3 Å². The van der Waals surface area contributed by atoms with Gasteiger partial charge in [0.2, 0.25) is 0 Å². The standard InChI is InChI=1S/C3H7O2P.Na.H/c1-2-3-6(4)5;;/h2-3H2,1H3;;/q;+1;-1/p+1. The first-order valence-electron chi connectivity index (χ1n) is 1.91. The van der Waals surface area contributed by atoms with Crippen LogP contribution in [0.15, 0.2) is 0 Å². The molecule has 0 aromatic heterocycles. The molecule has 7 heavy (non-hydrogen) atoms. The molecule has 0 saturated carbocycles. The van der Waals surface area contributed by atoms with Gasteiger partial charge in [-0.2, -0.15) is 4.89 Å². The molecule has 0 aliphatic carbocycles. The molecule has 0 radical (unpaired) electrons. The first-order chi connectivity index (χ1) is 2.77. The van der Waals surface area contributed by atoms with E-state index in [1.165, 1.54) is 0 Å². The smallest absolute Gasteiger partial charge is 1.00 e. The summed E-state index contributed by atoms with van der Waals surface area (Å²) in [5, 5.41) is 0. The molecule has 0 aliphatic heterocycles. The van der Waals surface area contributed by atoms with Gasteiger partial charge in [0.15, 0.2) is 6.16 Å². The summed E-state index contributed by atoms with van der Waals surface area (Å²) in [6.07, 6.45) is 1.24. The van der Waals surface area contributed by atoms with Gasteiger partial charge in [0, 0.05) is 0 Å². The van der Waals surface area contributed by atoms with Crippen LogP contribution in [0.25, 0.3) is 0 Å². The van der Waals surface area contributed by atoms with Crippen molar-refractivity contribution in [1.82, 2.24) is 0 Å². The van der Waals surface area contributed by atoms with Crippen molar-refractivity contribution in [2.75, 3.05) is 6.16 Å². The Morgan fingerprint density at radius 1 is 1.86 bits per heavy atom. The summed E-state index contributed by atoms with van der Waals surface area (Å²) < 4.78 is 9.75. The SMILES string of the molecule is CCC[P+](=O)O.[H-].[Na+]. The van der Waals surface area contributed by atoms with Gasteiger partial charge < -0.3 is 1.43 Å². The third-order valence-electron chi connectivity index (χ3n) is 0.415. The maximum atomic E-state index is 9.75. The molecule has 0 aliphatic rings. The topological polar surface area (TPSA) is 37.3 Å². The van der Waals surface area contributed by atoms with Crippen LogP contribution in [0.5, 0.6) is 0 Å². The third kappa shape index (κ3) is 11.0. The predicted octanol–water partition coefficient (Wildman–Crippen LogP) is -1.75. The summed E-state index contributed by atoms with van der Waals surface area (Å²) in [5.74, 6) is 0. The van der Waals surface area contributed by atoms with Crippen LogP contribution in [0.1, 0.15) is 14.8 Å². The first-order valence-corrected chi connectivity index (χ1v) is 3.30. The minimum absolute atomic E-state index is 0. The summed E-state index contributed by atoms with van der Waals surface area (Å²) in [6, 6.07) is 0. The van der Waals surface area contributed by atoms with Gasteiger partial charge in [-0.25, -0.2) is 0 Å². The first kappa shape index (κ1) is 10.9. The van der Waals surface area contributed by atoms with Crippen molar-refractivity contribution in [1.29, 1.82) is 0 Å². The van der Waals surface area contributed by atoms with Gasteiger partial charge >= 0.3 is 37.6 Å². The number of hydrogen-bond acceptors (Lipinski definition) is 1. The minimum Gasteiger partial charge on any atom is -1.00 e. The Morgan fingerprint density at radius 2 is 2.29 bits per heavy atom. The van der Waals surface area contributed by atoms with E-state index >= 15 is 0 Å². The fraction of sp³-hybridized carbons (Fsp3) is 1.00. The molecule has 1 unspecified atom stereocenters. The molecule has 0 bridgehead atoms. The summed E-state index contributed by atoms with van der Waals surface area (Å²) in [5.41, 5.74) is 0. The summed E-state index contributed by atoms with van der Waals surface area (Å²) in [4.78, 5) is 8.06. The maximum Gasteiger partial charge on any atom is 1.00 e. The zero-order chi connectivity index (χ0) is 4.99. The third-order valence-corrected chi connectivity index (χ3v) is 1.24. The van der Waals surface area contributed by atoms with Crippen LogP contribution in [0.2, 0.25) is 0 Å². The molecular weight excluding hydrogens is 122 g/mol. The molecule has 4 heteroatoms. The molecule has 0 fully saturated rings. The second kappa shape index (κ2) is 7.06. The number of hydrogen-bond donors (Lipinski definition) is 1. The van der Waals surface area contributed by atoms with E-state index in [-0.39, 0.29) is 31.0 Å². The van der Waals surface area contributed by atoms with Crippen LogP contribution in [0.3, 0.4) is 0 Å². The van der Waals surface area contributed by atoms with Crippen LogP contribution in [-0.4, -0.2) is 11.1 Å². The molecule has 2 nitrogen and oxygen atoms in total. The van der Waals surface area contributed by atoms with E-state index in [2.05, 4.69) is 0 Å². The van der Waals surface area contributed by atoms with E-state index in [9.17, 15) is 4.57 Å². The van der Waals surface area contributed by atoms with Crippen LogP contribution >= 0.6 is 8.03 Å². The fourth-order valence-electron chi connectivity index (χ4n) is 0.191. The predicted molar refractivity (Wildman–Crippen MR) is 26.1 cm³/mol. The molecule has 0 rings (SSSR count). The van der Waals surface area contributed by atoms with Gasteiger partial charge in [-0.05, 0) is 11.0 Å². The van der Waals surface area contributed by atoms with Crippen molar-refractivity contribution in [3.8, 4) is 0 Å². The fourth-order valence-corrected chi connectivity index (χ4v) is 0.574. The van der Waals surface area contributed by atoms with Crippen molar-refractivity contribution >= 4 is 8.03 Å². The normalized spacial score (nSPS) is 9.71. The second-order valence-corrected chi connectivity index (χ2v) is 2.23. The molecular formula is C3H9NaO2P+. The molecule has 0 saturated heterocycles. The zero-order valence-corrected chi connectivity index (χ0v) is 7.61. The Kier molecular flexibility index (Phi) is 11.0. The Balaban J connectivity index is -0.000000125. The largest absolute Gasteiger partial charge is 1.00 e. The van der Waals surface area contributed by atoms with E-state index in [0.717, 1.165) is 6.42 Å². The van der Waals surface area contributed by atoms with E-state index < -0.39 is 8.03 Å². The van der Waals surface area contributed by atoms with Crippen LogP contribution < -0.4 is 29.6 Å². The Labute approximate surface area is 68.0 Å². The molecule has 0 spiro atoms. The van der Waals surface area contributed by atoms with Gasteiger partial charge in [0.05, 0.1) is 0 Å².